The van der Waals surface area contributed by atoms with Crippen molar-refractivity contribution < 1.29 is 0 Å². The van der Waals surface area contributed by atoms with E-state index in [2.05, 4.69) is 15.4 Å². The molecule has 12 heavy (non-hydrogen) atoms. The van der Waals surface area contributed by atoms with Crippen LogP contribution in [0.2, 0.25) is 0 Å². The lowest BCUT2D eigenvalue weighted by atomic mass is 10.5. The summed E-state index contributed by atoms with van der Waals surface area (Å²) in [5.74, 6) is 0.847. The van der Waals surface area contributed by atoms with E-state index >= 15 is 0 Å². The fraction of sp³-hybridized carbons (Fsp3) is 0.250. The van der Waals surface area contributed by atoms with Gasteiger partial charge in [0.25, 0.3) is 0 Å². The second kappa shape index (κ2) is 2.48. The van der Waals surface area contributed by atoms with Gasteiger partial charge in [0.1, 0.15) is 5.82 Å². The molecule has 0 aromatic carbocycles. The second-order valence-electron chi connectivity index (χ2n) is 2.65. The highest BCUT2D eigenvalue weighted by Gasteiger charge is 1.97. The van der Waals surface area contributed by atoms with E-state index in [9.17, 15) is 0 Å². The minimum absolute atomic E-state index is 0.847. The summed E-state index contributed by atoms with van der Waals surface area (Å²) in [6, 6.07) is 3.84. The van der Waals surface area contributed by atoms with Gasteiger partial charge in [0.2, 0.25) is 0 Å². The summed E-state index contributed by atoms with van der Waals surface area (Å²) >= 11 is 0. The number of aryl methyl sites for hydroxylation is 1. The summed E-state index contributed by atoms with van der Waals surface area (Å²) in [5.41, 5.74) is 1.86. The molecule has 2 heterocycles. The molecule has 0 unspecified atom stereocenters. The Hall–Kier alpha value is -1.58. The lowest BCUT2D eigenvalue weighted by Crippen LogP contribution is -1.96. The normalized spacial score (nSPS) is 10.5. The van der Waals surface area contributed by atoms with E-state index in [1.807, 2.05) is 32.3 Å². The predicted molar refractivity (Wildman–Crippen MR) is 47.3 cm³/mol. The first kappa shape index (κ1) is 7.09. The number of fused-ring (bicyclic) bond motifs is 1. The average Bonchev–Trinajstić information content (AvgIpc) is 2.43. The van der Waals surface area contributed by atoms with Gasteiger partial charge in [0, 0.05) is 7.05 Å². The molecule has 0 atom stereocenters. The highest BCUT2D eigenvalue weighted by molar-refractivity contribution is 5.44. The molecule has 2 aromatic rings. The molecule has 0 amide bonds. The molecule has 0 radical (unpaired) electrons. The highest BCUT2D eigenvalue weighted by Crippen LogP contribution is 2.05. The van der Waals surface area contributed by atoms with Crippen LogP contribution >= 0.6 is 0 Å². The lowest BCUT2D eigenvalue weighted by Gasteiger charge is -1.97. The highest BCUT2D eigenvalue weighted by atomic mass is 15.3. The van der Waals surface area contributed by atoms with Gasteiger partial charge in [-0.25, -0.2) is 9.50 Å². The van der Waals surface area contributed by atoms with E-state index in [-0.39, 0.29) is 0 Å². The Labute approximate surface area is 70.2 Å². The topological polar surface area (TPSA) is 42.2 Å². The number of imidazole rings is 1. The molecule has 4 heteroatoms. The van der Waals surface area contributed by atoms with Gasteiger partial charge in [-0.15, -0.1) is 5.10 Å². The zero-order valence-electron chi connectivity index (χ0n) is 7.07. The molecule has 4 nitrogen and oxygen atoms in total. The van der Waals surface area contributed by atoms with E-state index < -0.39 is 0 Å². The molecule has 0 saturated carbocycles. The van der Waals surface area contributed by atoms with Crippen molar-refractivity contribution in [3.05, 3.63) is 24.0 Å². The molecule has 0 aliphatic heterocycles. The Morgan fingerprint density at radius 2 is 2.25 bits per heavy atom. The van der Waals surface area contributed by atoms with E-state index in [0.717, 1.165) is 17.2 Å². The smallest absolute Gasteiger partial charge is 0.153 e. The quantitative estimate of drug-likeness (QED) is 0.682. The summed E-state index contributed by atoms with van der Waals surface area (Å²) in [6.07, 6.45) is 1.90. The van der Waals surface area contributed by atoms with Gasteiger partial charge in [-0.1, -0.05) is 0 Å². The predicted octanol–water partition coefficient (Wildman–Crippen LogP) is 1.08. The molecule has 0 aliphatic carbocycles. The van der Waals surface area contributed by atoms with Gasteiger partial charge in [0.15, 0.2) is 5.65 Å². The van der Waals surface area contributed by atoms with Crippen LogP contribution in [0.1, 0.15) is 5.69 Å². The molecular weight excluding hydrogens is 152 g/mol. The van der Waals surface area contributed by atoms with Crippen LogP contribution in [0.25, 0.3) is 5.65 Å². The first-order valence-corrected chi connectivity index (χ1v) is 3.80. The molecule has 0 saturated heterocycles. The van der Waals surface area contributed by atoms with Crippen molar-refractivity contribution in [1.82, 2.24) is 14.6 Å². The van der Waals surface area contributed by atoms with E-state index in [1.54, 1.807) is 4.52 Å². The average molecular weight is 162 g/mol. The Balaban J connectivity index is 2.66. The molecular formula is C8H10N4. The number of hydrogen-bond donors (Lipinski definition) is 1. The molecule has 0 bridgehead atoms. The Bertz CT molecular complexity index is 404. The summed E-state index contributed by atoms with van der Waals surface area (Å²) in [5, 5.41) is 7.23. The van der Waals surface area contributed by atoms with E-state index in [0.29, 0.717) is 0 Å². The van der Waals surface area contributed by atoms with Gasteiger partial charge in [-0.05, 0) is 19.1 Å². The summed E-state index contributed by atoms with van der Waals surface area (Å²) < 4.78 is 1.77. The molecule has 62 valence electrons. The van der Waals surface area contributed by atoms with Crippen molar-refractivity contribution in [2.24, 2.45) is 0 Å². The van der Waals surface area contributed by atoms with Gasteiger partial charge < -0.3 is 5.32 Å². The van der Waals surface area contributed by atoms with Crippen molar-refractivity contribution in [2.75, 3.05) is 12.4 Å². The Morgan fingerprint density at radius 1 is 1.42 bits per heavy atom. The molecule has 2 rings (SSSR count). The van der Waals surface area contributed by atoms with Crippen LogP contribution in [0.3, 0.4) is 0 Å². The van der Waals surface area contributed by atoms with Gasteiger partial charge in [0.05, 0.1) is 11.9 Å². The van der Waals surface area contributed by atoms with Gasteiger partial charge in [-0.2, -0.15) is 0 Å². The summed E-state index contributed by atoms with van der Waals surface area (Å²) in [6.45, 7) is 1.95. The fourth-order valence-electron chi connectivity index (χ4n) is 1.13. The fourth-order valence-corrected chi connectivity index (χ4v) is 1.13. The first-order chi connectivity index (χ1) is 5.79. The third kappa shape index (κ3) is 1.01. The van der Waals surface area contributed by atoms with Gasteiger partial charge in [-0.3, -0.25) is 0 Å². The maximum atomic E-state index is 4.26. The molecule has 1 N–H and O–H groups in total. The largest absolute Gasteiger partial charge is 0.372 e. The van der Waals surface area contributed by atoms with Gasteiger partial charge >= 0.3 is 0 Å². The monoisotopic (exact) mass is 162 g/mol. The first-order valence-electron chi connectivity index (χ1n) is 3.80. The second-order valence-corrected chi connectivity index (χ2v) is 2.65. The van der Waals surface area contributed by atoms with Crippen LogP contribution in [0.5, 0.6) is 0 Å². The number of aromatic nitrogens is 3. The van der Waals surface area contributed by atoms with Crippen molar-refractivity contribution in [1.29, 1.82) is 0 Å². The zero-order chi connectivity index (χ0) is 8.55. The van der Waals surface area contributed by atoms with Crippen molar-refractivity contribution >= 4 is 11.5 Å². The standard InChI is InChI=1S/C8H10N4/c1-6-5-12-8(10-6)4-3-7(9-2)11-12/h3-5H,1-2H3,(H,9,11). The maximum Gasteiger partial charge on any atom is 0.153 e. The number of rotatable bonds is 1. The Kier molecular flexibility index (Phi) is 1.46. The summed E-state index contributed by atoms with van der Waals surface area (Å²) in [7, 11) is 1.85. The molecule has 0 spiro atoms. The number of nitrogens with one attached hydrogen (secondary N) is 1. The van der Waals surface area contributed by atoms with Crippen LogP contribution in [-0.4, -0.2) is 21.6 Å². The minimum atomic E-state index is 0.847. The van der Waals surface area contributed by atoms with Crippen LogP contribution in [-0.2, 0) is 0 Å². The molecule has 0 aliphatic rings. The van der Waals surface area contributed by atoms with E-state index in [1.165, 1.54) is 0 Å². The zero-order valence-corrected chi connectivity index (χ0v) is 7.07. The van der Waals surface area contributed by atoms with Crippen LogP contribution in [0.15, 0.2) is 18.3 Å². The van der Waals surface area contributed by atoms with Crippen molar-refractivity contribution in [2.45, 2.75) is 6.92 Å². The minimum Gasteiger partial charge on any atom is -0.372 e. The third-order valence-corrected chi connectivity index (χ3v) is 1.70. The lowest BCUT2D eigenvalue weighted by molar-refractivity contribution is 0.937. The number of nitrogens with zero attached hydrogens (tertiary/aromatic N) is 3. The molecule has 0 fully saturated rings. The van der Waals surface area contributed by atoms with Crippen molar-refractivity contribution in [3.63, 3.8) is 0 Å². The van der Waals surface area contributed by atoms with Crippen LogP contribution < -0.4 is 5.32 Å². The van der Waals surface area contributed by atoms with E-state index in [4.69, 9.17) is 0 Å². The number of hydrogen-bond acceptors (Lipinski definition) is 3. The molecule has 2 aromatic heterocycles. The van der Waals surface area contributed by atoms with Crippen molar-refractivity contribution in [3.8, 4) is 0 Å². The third-order valence-electron chi connectivity index (χ3n) is 1.70. The Morgan fingerprint density at radius 3 is 3.00 bits per heavy atom. The number of anilines is 1. The van der Waals surface area contributed by atoms with Crippen LogP contribution in [0, 0.1) is 6.92 Å². The summed E-state index contributed by atoms with van der Waals surface area (Å²) in [4.78, 5) is 4.26. The van der Waals surface area contributed by atoms with Crippen LogP contribution in [0.4, 0.5) is 5.82 Å². The maximum absolute atomic E-state index is 4.26. The SMILES string of the molecule is CNc1ccc2nc(C)cn2n1.